The van der Waals surface area contributed by atoms with E-state index in [1.54, 1.807) is 25.4 Å². The van der Waals surface area contributed by atoms with Crippen LogP contribution in [0.5, 0.6) is 5.75 Å². The molecule has 4 nitrogen and oxygen atoms in total. The molecule has 0 saturated carbocycles. The summed E-state index contributed by atoms with van der Waals surface area (Å²) in [4.78, 5) is 0. The second-order valence-electron chi connectivity index (χ2n) is 4.63. The first-order valence-corrected chi connectivity index (χ1v) is 8.41. The van der Waals surface area contributed by atoms with Crippen LogP contribution in [-0.2, 0) is 6.61 Å². The minimum absolute atomic E-state index is 0.209. The molecule has 24 heavy (non-hydrogen) atoms. The van der Waals surface area contributed by atoms with Crippen molar-refractivity contribution in [3.8, 4) is 5.75 Å². The van der Waals surface area contributed by atoms with Crippen molar-refractivity contribution in [2.45, 2.75) is 6.61 Å². The van der Waals surface area contributed by atoms with Crippen LogP contribution in [0.3, 0.4) is 0 Å². The van der Waals surface area contributed by atoms with Gasteiger partial charge < -0.3 is 10.1 Å². The van der Waals surface area contributed by atoms with Crippen LogP contribution in [0.15, 0.2) is 41.5 Å². The van der Waals surface area contributed by atoms with Crippen LogP contribution in [0.4, 0.5) is 0 Å². The summed E-state index contributed by atoms with van der Waals surface area (Å²) in [5, 5.41) is 8.55. The average Bonchev–Trinajstić information content (AvgIpc) is 2.58. The molecule has 0 fully saturated rings. The average molecular weight is 403 g/mol. The first kappa shape index (κ1) is 18.8. The summed E-state index contributed by atoms with van der Waals surface area (Å²) in [6.45, 7) is 0.209. The van der Waals surface area contributed by atoms with Crippen molar-refractivity contribution in [3.05, 3.63) is 62.6 Å². The van der Waals surface area contributed by atoms with Crippen molar-refractivity contribution in [1.29, 1.82) is 0 Å². The number of ether oxygens (including phenoxy) is 1. The van der Waals surface area contributed by atoms with E-state index < -0.39 is 0 Å². The molecule has 0 saturated heterocycles. The second-order valence-corrected chi connectivity index (χ2v) is 6.23. The predicted molar refractivity (Wildman–Crippen MR) is 105 cm³/mol. The minimum atomic E-state index is 0.209. The van der Waals surface area contributed by atoms with Gasteiger partial charge in [0.25, 0.3) is 0 Å². The topological polar surface area (TPSA) is 45.7 Å². The van der Waals surface area contributed by atoms with Gasteiger partial charge in [0.1, 0.15) is 12.4 Å². The highest BCUT2D eigenvalue weighted by atomic mass is 35.5. The van der Waals surface area contributed by atoms with Crippen molar-refractivity contribution in [2.75, 3.05) is 7.05 Å². The summed E-state index contributed by atoms with van der Waals surface area (Å²) in [5.41, 5.74) is 4.17. The van der Waals surface area contributed by atoms with Gasteiger partial charge in [0.15, 0.2) is 5.11 Å². The van der Waals surface area contributed by atoms with Crippen LogP contribution in [0, 0.1) is 0 Å². The zero-order chi connectivity index (χ0) is 17.5. The molecular weight excluding hydrogens is 389 g/mol. The Labute approximate surface area is 160 Å². The van der Waals surface area contributed by atoms with E-state index in [1.165, 1.54) is 0 Å². The molecule has 0 unspecified atom stereocenters. The highest BCUT2D eigenvalue weighted by Crippen LogP contribution is 2.32. The van der Waals surface area contributed by atoms with Gasteiger partial charge in [-0.05, 0) is 42.0 Å². The van der Waals surface area contributed by atoms with E-state index in [0.29, 0.717) is 31.5 Å². The van der Waals surface area contributed by atoms with Gasteiger partial charge in [-0.15, -0.1) is 0 Å². The van der Waals surface area contributed by atoms with Crippen LogP contribution in [0.25, 0.3) is 0 Å². The van der Waals surface area contributed by atoms with Gasteiger partial charge in [0.05, 0.1) is 16.3 Å². The fraction of sp³-hybridized carbons (Fsp3) is 0.125. The Morgan fingerprint density at radius 2 is 1.96 bits per heavy atom. The molecule has 0 radical (unpaired) electrons. The molecule has 0 aliphatic heterocycles. The van der Waals surface area contributed by atoms with E-state index in [1.807, 2.05) is 24.3 Å². The lowest BCUT2D eigenvalue weighted by Crippen LogP contribution is -2.28. The number of nitrogens with one attached hydrogen (secondary N) is 2. The summed E-state index contributed by atoms with van der Waals surface area (Å²) in [6, 6.07) is 10.7. The van der Waals surface area contributed by atoms with Gasteiger partial charge >= 0.3 is 0 Å². The molecule has 0 aromatic heterocycles. The SMILES string of the molecule is CNC(=S)N/N=C\c1cccc(OCc2c(Cl)ccc(Cl)c2Cl)c1. The van der Waals surface area contributed by atoms with E-state index in [9.17, 15) is 0 Å². The van der Waals surface area contributed by atoms with Crippen molar-refractivity contribution in [2.24, 2.45) is 5.10 Å². The van der Waals surface area contributed by atoms with Gasteiger partial charge in [-0.2, -0.15) is 5.10 Å². The van der Waals surface area contributed by atoms with Crippen LogP contribution in [-0.4, -0.2) is 18.4 Å². The van der Waals surface area contributed by atoms with Gasteiger partial charge in [-0.25, -0.2) is 0 Å². The Bertz CT molecular complexity index is 768. The Kier molecular flexibility index (Phi) is 7.12. The molecule has 0 heterocycles. The standard InChI is InChI=1S/C16H14Cl3N3OS/c1-20-16(24)22-21-8-10-3-2-4-11(7-10)23-9-12-13(17)5-6-14(18)15(12)19/h2-8H,9H2,1H3,(H2,20,22,24)/b21-8-. The maximum Gasteiger partial charge on any atom is 0.186 e. The number of rotatable bonds is 5. The van der Waals surface area contributed by atoms with Gasteiger partial charge in [-0.3, -0.25) is 5.43 Å². The summed E-state index contributed by atoms with van der Waals surface area (Å²) < 4.78 is 5.75. The van der Waals surface area contributed by atoms with E-state index >= 15 is 0 Å². The summed E-state index contributed by atoms with van der Waals surface area (Å²) >= 11 is 23.2. The maximum atomic E-state index is 6.16. The van der Waals surface area contributed by atoms with Gasteiger partial charge in [0.2, 0.25) is 0 Å². The summed E-state index contributed by atoms with van der Waals surface area (Å²) in [5.74, 6) is 0.655. The maximum absolute atomic E-state index is 6.16. The van der Waals surface area contributed by atoms with E-state index in [2.05, 4.69) is 15.8 Å². The lowest BCUT2D eigenvalue weighted by molar-refractivity contribution is 0.306. The van der Waals surface area contributed by atoms with Crippen molar-refractivity contribution >= 4 is 58.3 Å². The zero-order valence-electron chi connectivity index (χ0n) is 12.6. The molecule has 0 aliphatic carbocycles. The predicted octanol–water partition coefficient (Wildman–Crippen LogP) is 4.65. The third kappa shape index (κ3) is 5.24. The molecule has 0 bridgehead atoms. The number of hydrogen-bond acceptors (Lipinski definition) is 3. The number of thiocarbonyl (C=S) groups is 1. The van der Waals surface area contributed by atoms with Crippen LogP contribution in [0.2, 0.25) is 15.1 Å². The number of nitrogens with zero attached hydrogens (tertiary/aromatic N) is 1. The molecule has 0 atom stereocenters. The lowest BCUT2D eigenvalue weighted by atomic mass is 10.2. The molecule has 2 aromatic rings. The van der Waals surface area contributed by atoms with Gasteiger partial charge in [-0.1, -0.05) is 46.9 Å². The fourth-order valence-corrected chi connectivity index (χ4v) is 2.47. The minimum Gasteiger partial charge on any atom is -0.489 e. The van der Waals surface area contributed by atoms with Crippen LogP contribution in [0.1, 0.15) is 11.1 Å². The zero-order valence-corrected chi connectivity index (χ0v) is 15.7. The molecule has 0 aliphatic rings. The van der Waals surface area contributed by atoms with Crippen LogP contribution < -0.4 is 15.5 Å². The molecule has 2 N–H and O–H groups in total. The van der Waals surface area contributed by atoms with Gasteiger partial charge in [0, 0.05) is 17.6 Å². The van der Waals surface area contributed by atoms with Crippen molar-refractivity contribution in [3.63, 3.8) is 0 Å². The van der Waals surface area contributed by atoms with E-state index in [4.69, 9.17) is 51.8 Å². The third-order valence-corrected chi connectivity index (χ3v) is 4.48. The smallest absolute Gasteiger partial charge is 0.186 e. The van der Waals surface area contributed by atoms with Crippen LogP contribution >= 0.6 is 47.0 Å². The van der Waals surface area contributed by atoms with E-state index in [-0.39, 0.29) is 6.61 Å². The summed E-state index contributed by atoms with van der Waals surface area (Å²) in [6.07, 6.45) is 1.63. The molecule has 2 aromatic carbocycles. The number of benzene rings is 2. The first-order chi connectivity index (χ1) is 11.5. The lowest BCUT2D eigenvalue weighted by Gasteiger charge is -2.11. The first-order valence-electron chi connectivity index (χ1n) is 6.87. The Morgan fingerprint density at radius 3 is 2.71 bits per heavy atom. The summed E-state index contributed by atoms with van der Waals surface area (Å²) in [7, 11) is 1.71. The molecule has 0 amide bonds. The highest BCUT2D eigenvalue weighted by molar-refractivity contribution is 7.80. The Morgan fingerprint density at radius 1 is 1.21 bits per heavy atom. The normalized spacial score (nSPS) is 10.7. The number of halogens is 3. The molecular formula is C16H14Cl3N3OS. The quantitative estimate of drug-likeness (QED) is 0.331. The number of hydrazone groups is 1. The largest absolute Gasteiger partial charge is 0.489 e. The molecule has 8 heteroatoms. The fourth-order valence-electron chi connectivity index (χ4n) is 1.76. The molecule has 0 spiro atoms. The number of hydrogen-bond donors (Lipinski definition) is 2. The Balaban J connectivity index is 2.05. The molecule has 126 valence electrons. The third-order valence-electron chi connectivity index (χ3n) is 2.99. The van der Waals surface area contributed by atoms with Crippen molar-refractivity contribution < 1.29 is 4.74 Å². The van der Waals surface area contributed by atoms with Crippen molar-refractivity contribution in [1.82, 2.24) is 10.7 Å². The monoisotopic (exact) mass is 401 g/mol. The van der Waals surface area contributed by atoms with E-state index in [0.717, 1.165) is 5.56 Å². The second kappa shape index (κ2) is 9.08. The molecule has 2 rings (SSSR count). The highest BCUT2D eigenvalue weighted by Gasteiger charge is 2.10. The Hall–Kier alpha value is -1.53.